The van der Waals surface area contributed by atoms with Crippen molar-refractivity contribution in [1.29, 1.82) is 0 Å². The number of aromatic nitrogens is 2. The van der Waals surface area contributed by atoms with Gasteiger partial charge in [0.1, 0.15) is 11.5 Å². The second-order valence-corrected chi connectivity index (χ2v) is 3.57. The number of carbonyl (C=O) groups excluding carboxylic acids is 1. The second kappa shape index (κ2) is 3.69. The molecule has 2 rings (SSSR count). The summed E-state index contributed by atoms with van der Waals surface area (Å²) in [4.78, 5) is 18.3. The number of H-pyrrole nitrogens is 1. The summed E-state index contributed by atoms with van der Waals surface area (Å²) in [5, 5.41) is 0. The van der Waals surface area contributed by atoms with Gasteiger partial charge in [-0.25, -0.2) is 4.98 Å². The third-order valence-corrected chi connectivity index (χ3v) is 2.25. The molecule has 0 aliphatic rings. The highest BCUT2D eigenvalue weighted by atomic mass is 16.1. The summed E-state index contributed by atoms with van der Waals surface area (Å²) in [6.07, 6.45) is 1.57. The minimum Gasteiger partial charge on any atom is -0.336 e. The predicted octanol–water partition coefficient (Wildman–Crippen LogP) is 2.59. The van der Waals surface area contributed by atoms with Gasteiger partial charge in [0.15, 0.2) is 5.78 Å². The van der Waals surface area contributed by atoms with Crippen LogP contribution >= 0.6 is 0 Å². The van der Waals surface area contributed by atoms with E-state index in [4.69, 9.17) is 0 Å². The monoisotopic (exact) mass is 200 g/mol. The molecule has 0 fully saturated rings. The fourth-order valence-electron chi connectivity index (χ4n) is 1.44. The molecule has 0 aliphatic heterocycles. The number of ketones is 1. The lowest BCUT2D eigenvalue weighted by Gasteiger charge is -1.97. The molecule has 0 unspecified atom stereocenters. The molecular formula is C12H12N2O. The molecule has 76 valence electrons. The molecule has 2 aromatic rings. The topological polar surface area (TPSA) is 45.8 Å². The van der Waals surface area contributed by atoms with Crippen molar-refractivity contribution in [1.82, 2.24) is 9.97 Å². The highest BCUT2D eigenvalue weighted by molar-refractivity contribution is 5.92. The lowest BCUT2D eigenvalue weighted by molar-refractivity contribution is 0.101. The number of imidazole rings is 1. The van der Waals surface area contributed by atoms with E-state index in [-0.39, 0.29) is 5.78 Å². The predicted molar refractivity (Wildman–Crippen MR) is 58.8 cm³/mol. The SMILES string of the molecule is CC(=O)c1cnc(-c2cccc(C)c2)[nH]1. The minimum absolute atomic E-state index is 0.00130. The standard InChI is InChI=1S/C12H12N2O/c1-8-4-3-5-10(6-8)12-13-7-11(14-12)9(2)15/h3-7H,1-2H3,(H,13,14). The van der Waals surface area contributed by atoms with Gasteiger partial charge in [-0.05, 0) is 13.0 Å². The molecule has 0 atom stereocenters. The van der Waals surface area contributed by atoms with Crippen LogP contribution in [0.25, 0.3) is 11.4 Å². The molecule has 0 spiro atoms. The molecule has 3 nitrogen and oxygen atoms in total. The average Bonchev–Trinajstić information content (AvgIpc) is 2.66. The van der Waals surface area contributed by atoms with Gasteiger partial charge in [-0.3, -0.25) is 4.79 Å². The van der Waals surface area contributed by atoms with Gasteiger partial charge in [-0.15, -0.1) is 0 Å². The molecule has 1 aromatic carbocycles. The zero-order chi connectivity index (χ0) is 10.8. The minimum atomic E-state index is 0.00130. The van der Waals surface area contributed by atoms with E-state index in [9.17, 15) is 4.79 Å². The van der Waals surface area contributed by atoms with Crippen LogP contribution < -0.4 is 0 Å². The molecule has 1 heterocycles. The summed E-state index contributed by atoms with van der Waals surface area (Å²) in [5.74, 6) is 0.741. The summed E-state index contributed by atoms with van der Waals surface area (Å²) in [7, 11) is 0. The van der Waals surface area contributed by atoms with E-state index in [1.807, 2.05) is 31.2 Å². The Bertz CT molecular complexity index is 500. The van der Waals surface area contributed by atoms with Crippen LogP contribution in [0.2, 0.25) is 0 Å². The molecule has 0 amide bonds. The van der Waals surface area contributed by atoms with Crippen LogP contribution in [0, 0.1) is 6.92 Å². The number of nitrogens with one attached hydrogen (secondary N) is 1. The Morgan fingerprint density at radius 3 is 2.80 bits per heavy atom. The first-order chi connectivity index (χ1) is 7.16. The molecule has 0 bridgehead atoms. The third kappa shape index (κ3) is 1.96. The number of aryl methyl sites for hydroxylation is 1. The van der Waals surface area contributed by atoms with Crippen LogP contribution in [0.5, 0.6) is 0 Å². The van der Waals surface area contributed by atoms with Gasteiger partial charge in [-0.1, -0.05) is 23.8 Å². The van der Waals surface area contributed by atoms with Crippen LogP contribution in [0.3, 0.4) is 0 Å². The number of Topliss-reactive ketones (excluding diaryl/α,β-unsaturated/α-hetero) is 1. The summed E-state index contributed by atoms with van der Waals surface area (Å²) >= 11 is 0. The van der Waals surface area contributed by atoms with Gasteiger partial charge in [0.05, 0.1) is 6.20 Å². The Labute approximate surface area is 88.2 Å². The van der Waals surface area contributed by atoms with E-state index < -0.39 is 0 Å². The third-order valence-electron chi connectivity index (χ3n) is 2.25. The number of aromatic amines is 1. The van der Waals surface area contributed by atoms with Crippen molar-refractivity contribution in [2.24, 2.45) is 0 Å². The smallest absolute Gasteiger partial charge is 0.177 e. The molecule has 15 heavy (non-hydrogen) atoms. The van der Waals surface area contributed by atoms with Gasteiger partial charge in [0, 0.05) is 12.5 Å². The van der Waals surface area contributed by atoms with Crippen molar-refractivity contribution in [3.8, 4) is 11.4 Å². The molecule has 0 radical (unpaired) electrons. The summed E-state index contributed by atoms with van der Waals surface area (Å²) in [6, 6.07) is 8.00. The van der Waals surface area contributed by atoms with Crippen molar-refractivity contribution >= 4 is 5.78 Å². The first-order valence-electron chi connectivity index (χ1n) is 4.80. The Balaban J connectivity index is 2.41. The summed E-state index contributed by atoms with van der Waals surface area (Å²) in [5.41, 5.74) is 2.72. The average molecular weight is 200 g/mol. The molecule has 1 aromatic heterocycles. The molecule has 0 aliphatic carbocycles. The van der Waals surface area contributed by atoms with E-state index in [2.05, 4.69) is 9.97 Å². The van der Waals surface area contributed by atoms with Gasteiger partial charge in [0.25, 0.3) is 0 Å². The maximum Gasteiger partial charge on any atom is 0.177 e. The zero-order valence-corrected chi connectivity index (χ0v) is 8.74. The Kier molecular flexibility index (Phi) is 2.37. The summed E-state index contributed by atoms with van der Waals surface area (Å²) < 4.78 is 0. The maximum absolute atomic E-state index is 11.1. The molecule has 3 heteroatoms. The number of hydrogen-bond acceptors (Lipinski definition) is 2. The van der Waals surface area contributed by atoms with Crippen LogP contribution in [-0.4, -0.2) is 15.8 Å². The first kappa shape index (κ1) is 9.65. The van der Waals surface area contributed by atoms with Gasteiger partial charge >= 0.3 is 0 Å². The summed E-state index contributed by atoms with van der Waals surface area (Å²) in [6.45, 7) is 3.55. The molecule has 0 saturated heterocycles. The van der Waals surface area contributed by atoms with Gasteiger partial charge in [-0.2, -0.15) is 0 Å². The normalized spacial score (nSPS) is 10.3. The van der Waals surface area contributed by atoms with E-state index in [1.54, 1.807) is 6.20 Å². The Morgan fingerprint density at radius 2 is 2.20 bits per heavy atom. The van der Waals surface area contributed by atoms with Crippen LogP contribution in [-0.2, 0) is 0 Å². The molecular weight excluding hydrogens is 188 g/mol. The highest BCUT2D eigenvalue weighted by Gasteiger charge is 2.06. The first-order valence-corrected chi connectivity index (χ1v) is 4.80. The van der Waals surface area contributed by atoms with Crippen molar-refractivity contribution in [3.63, 3.8) is 0 Å². The Morgan fingerprint density at radius 1 is 1.40 bits per heavy atom. The van der Waals surface area contributed by atoms with Gasteiger partial charge < -0.3 is 4.98 Å². The zero-order valence-electron chi connectivity index (χ0n) is 8.74. The number of benzene rings is 1. The highest BCUT2D eigenvalue weighted by Crippen LogP contribution is 2.16. The van der Waals surface area contributed by atoms with E-state index in [0.29, 0.717) is 5.69 Å². The van der Waals surface area contributed by atoms with E-state index in [0.717, 1.165) is 11.4 Å². The van der Waals surface area contributed by atoms with Crippen molar-refractivity contribution < 1.29 is 4.79 Å². The van der Waals surface area contributed by atoms with Crippen molar-refractivity contribution in [2.75, 3.05) is 0 Å². The van der Waals surface area contributed by atoms with E-state index in [1.165, 1.54) is 12.5 Å². The lowest BCUT2D eigenvalue weighted by Crippen LogP contribution is -1.91. The largest absolute Gasteiger partial charge is 0.336 e. The van der Waals surface area contributed by atoms with Crippen LogP contribution in [0.4, 0.5) is 0 Å². The van der Waals surface area contributed by atoms with Crippen LogP contribution in [0.15, 0.2) is 30.5 Å². The number of rotatable bonds is 2. The lowest BCUT2D eigenvalue weighted by atomic mass is 10.1. The Hall–Kier alpha value is -1.90. The van der Waals surface area contributed by atoms with Crippen molar-refractivity contribution in [3.05, 3.63) is 41.7 Å². The molecule has 0 saturated carbocycles. The number of carbonyl (C=O) groups is 1. The van der Waals surface area contributed by atoms with Crippen LogP contribution in [0.1, 0.15) is 23.0 Å². The quantitative estimate of drug-likeness (QED) is 0.757. The number of hydrogen-bond donors (Lipinski definition) is 1. The number of nitrogens with zero attached hydrogens (tertiary/aromatic N) is 1. The second-order valence-electron chi connectivity index (χ2n) is 3.57. The van der Waals surface area contributed by atoms with E-state index >= 15 is 0 Å². The van der Waals surface area contributed by atoms with Crippen molar-refractivity contribution in [2.45, 2.75) is 13.8 Å². The fourth-order valence-corrected chi connectivity index (χ4v) is 1.44. The molecule has 1 N–H and O–H groups in total. The van der Waals surface area contributed by atoms with Gasteiger partial charge in [0.2, 0.25) is 0 Å². The maximum atomic E-state index is 11.1. The fraction of sp³-hybridized carbons (Fsp3) is 0.167.